The summed E-state index contributed by atoms with van der Waals surface area (Å²) >= 11 is 0. The molecule has 1 atom stereocenters. The summed E-state index contributed by atoms with van der Waals surface area (Å²) in [6, 6.07) is 17.8. The molecule has 4 heteroatoms. The third kappa shape index (κ3) is 4.46. The Balaban J connectivity index is 1.54. The number of nitriles is 1. The van der Waals surface area contributed by atoms with Crippen LogP contribution in [0.15, 0.2) is 48.5 Å². The van der Waals surface area contributed by atoms with E-state index in [1.54, 1.807) is 0 Å². The van der Waals surface area contributed by atoms with Crippen LogP contribution >= 0.6 is 0 Å². The Morgan fingerprint density at radius 1 is 1.24 bits per heavy atom. The first-order valence-corrected chi connectivity index (χ1v) is 8.56. The predicted molar refractivity (Wildman–Crippen MR) is 96.0 cm³/mol. The van der Waals surface area contributed by atoms with E-state index >= 15 is 0 Å². The van der Waals surface area contributed by atoms with Gasteiger partial charge in [0.15, 0.2) is 0 Å². The van der Waals surface area contributed by atoms with Gasteiger partial charge in [0.2, 0.25) is 0 Å². The van der Waals surface area contributed by atoms with Gasteiger partial charge in [-0.2, -0.15) is 5.26 Å². The highest BCUT2D eigenvalue weighted by Crippen LogP contribution is 2.23. The molecule has 1 aliphatic rings. The first kappa shape index (κ1) is 17.2. The fourth-order valence-corrected chi connectivity index (χ4v) is 3.45. The fourth-order valence-electron chi connectivity index (χ4n) is 3.45. The van der Waals surface area contributed by atoms with Gasteiger partial charge in [-0.1, -0.05) is 24.3 Å². The van der Waals surface area contributed by atoms with Gasteiger partial charge in [-0.3, -0.25) is 4.90 Å². The number of rotatable bonds is 5. The van der Waals surface area contributed by atoms with E-state index in [0.717, 1.165) is 31.6 Å². The summed E-state index contributed by atoms with van der Waals surface area (Å²) in [4.78, 5) is 13.9. The Bertz CT molecular complexity index is 777. The number of nitrogens with zero attached hydrogens (tertiary/aromatic N) is 2. The van der Waals surface area contributed by atoms with Crippen LogP contribution in [0.5, 0.6) is 0 Å². The third-order valence-electron chi connectivity index (χ3n) is 4.73. The molecule has 1 aliphatic heterocycles. The Morgan fingerprint density at radius 3 is 2.76 bits per heavy atom. The summed E-state index contributed by atoms with van der Waals surface area (Å²) in [7, 11) is 1.40. The largest absolute Gasteiger partial charge is 0.465 e. The van der Waals surface area contributed by atoms with E-state index in [9.17, 15) is 4.79 Å². The Hall–Kier alpha value is -2.64. The van der Waals surface area contributed by atoms with Gasteiger partial charge >= 0.3 is 5.97 Å². The van der Waals surface area contributed by atoms with E-state index < -0.39 is 0 Å². The van der Waals surface area contributed by atoms with Crippen LogP contribution in [0, 0.1) is 17.2 Å². The number of carbonyl (C=O) groups is 1. The van der Waals surface area contributed by atoms with Gasteiger partial charge in [-0.25, -0.2) is 4.79 Å². The van der Waals surface area contributed by atoms with Crippen LogP contribution < -0.4 is 0 Å². The van der Waals surface area contributed by atoms with Crippen molar-refractivity contribution in [3.8, 4) is 6.07 Å². The Kier molecular flexibility index (Phi) is 5.47. The van der Waals surface area contributed by atoms with Crippen LogP contribution in [-0.4, -0.2) is 31.1 Å². The van der Waals surface area contributed by atoms with Crippen molar-refractivity contribution in [2.75, 3.05) is 20.2 Å². The van der Waals surface area contributed by atoms with E-state index in [0.29, 0.717) is 11.5 Å². The lowest BCUT2D eigenvalue weighted by atomic mass is 9.98. The van der Waals surface area contributed by atoms with E-state index in [2.05, 4.69) is 17.0 Å². The zero-order valence-electron chi connectivity index (χ0n) is 14.4. The second kappa shape index (κ2) is 7.96. The quantitative estimate of drug-likeness (QED) is 0.786. The smallest absolute Gasteiger partial charge is 0.337 e. The van der Waals surface area contributed by atoms with E-state index in [4.69, 9.17) is 10.00 Å². The molecule has 1 saturated heterocycles. The summed E-state index contributed by atoms with van der Waals surface area (Å²) in [5.74, 6) is 0.335. The van der Waals surface area contributed by atoms with Gasteiger partial charge in [0.25, 0.3) is 0 Å². The second-order valence-corrected chi connectivity index (χ2v) is 6.59. The number of benzene rings is 2. The van der Waals surface area contributed by atoms with E-state index in [1.807, 2.05) is 42.5 Å². The maximum absolute atomic E-state index is 11.5. The summed E-state index contributed by atoms with van der Waals surface area (Å²) in [5, 5.41) is 9.01. The zero-order chi connectivity index (χ0) is 17.6. The number of likely N-dealkylation sites (tertiary alicyclic amines) is 1. The molecule has 0 bridgehead atoms. The molecule has 1 fully saturated rings. The average Bonchev–Trinajstić information content (AvgIpc) is 3.08. The molecule has 0 amide bonds. The summed E-state index contributed by atoms with van der Waals surface area (Å²) in [6.45, 7) is 3.05. The number of methoxy groups -OCH3 is 1. The van der Waals surface area contributed by atoms with Gasteiger partial charge < -0.3 is 4.74 Å². The first-order chi connectivity index (χ1) is 12.2. The minimum Gasteiger partial charge on any atom is -0.465 e. The molecule has 0 N–H and O–H groups in total. The molecule has 25 heavy (non-hydrogen) atoms. The fraction of sp³-hybridized carbons (Fsp3) is 0.333. The van der Waals surface area contributed by atoms with Crippen molar-refractivity contribution < 1.29 is 9.53 Å². The van der Waals surface area contributed by atoms with Crippen molar-refractivity contribution in [1.82, 2.24) is 4.90 Å². The van der Waals surface area contributed by atoms with Gasteiger partial charge in [0, 0.05) is 13.1 Å². The van der Waals surface area contributed by atoms with E-state index in [1.165, 1.54) is 24.7 Å². The van der Waals surface area contributed by atoms with Gasteiger partial charge in [-0.15, -0.1) is 0 Å². The molecular weight excluding hydrogens is 312 g/mol. The predicted octanol–water partition coefficient (Wildman–Crippen LogP) is 3.41. The SMILES string of the molecule is COC(=O)c1ccc(CC2CCN(Cc3cccc(C#N)c3)C2)cc1. The summed E-state index contributed by atoms with van der Waals surface area (Å²) < 4.78 is 4.73. The van der Waals surface area contributed by atoms with Crippen molar-refractivity contribution in [1.29, 1.82) is 5.26 Å². The van der Waals surface area contributed by atoms with Crippen molar-refractivity contribution in [3.05, 3.63) is 70.8 Å². The topological polar surface area (TPSA) is 53.3 Å². The maximum Gasteiger partial charge on any atom is 0.337 e. The molecule has 0 saturated carbocycles. The third-order valence-corrected chi connectivity index (χ3v) is 4.73. The highest BCUT2D eigenvalue weighted by atomic mass is 16.5. The highest BCUT2D eigenvalue weighted by Gasteiger charge is 2.22. The molecule has 128 valence electrons. The summed E-state index contributed by atoms with van der Waals surface area (Å²) in [6.07, 6.45) is 2.20. The lowest BCUT2D eigenvalue weighted by molar-refractivity contribution is 0.0600. The molecule has 1 unspecified atom stereocenters. The van der Waals surface area contributed by atoms with Crippen LogP contribution in [-0.2, 0) is 17.7 Å². The molecule has 0 aromatic heterocycles. The zero-order valence-corrected chi connectivity index (χ0v) is 14.4. The number of carbonyl (C=O) groups excluding carboxylic acids is 1. The molecule has 0 radical (unpaired) electrons. The molecule has 0 aliphatic carbocycles. The lowest BCUT2D eigenvalue weighted by Gasteiger charge is -2.16. The van der Waals surface area contributed by atoms with Gasteiger partial charge in [0.1, 0.15) is 0 Å². The molecule has 4 nitrogen and oxygen atoms in total. The number of ether oxygens (including phenoxy) is 1. The van der Waals surface area contributed by atoms with Crippen LogP contribution in [0.1, 0.15) is 33.5 Å². The molecule has 2 aromatic rings. The number of hydrogen-bond acceptors (Lipinski definition) is 4. The summed E-state index contributed by atoms with van der Waals surface area (Å²) in [5.41, 5.74) is 3.77. The normalized spacial score (nSPS) is 17.2. The number of hydrogen-bond donors (Lipinski definition) is 0. The van der Waals surface area contributed by atoms with Crippen LogP contribution in [0.4, 0.5) is 0 Å². The van der Waals surface area contributed by atoms with Crippen LogP contribution in [0.2, 0.25) is 0 Å². The van der Waals surface area contributed by atoms with E-state index in [-0.39, 0.29) is 5.97 Å². The maximum atomic E-state index is 11.5. The van der Waals surface area contributed by atoms with Crippen LogP contribution in [0.25, 0.3) is 0 Å². The van der Waals surface area contributed by atoms with Gasteiger partial charge in [-0.05, 0) is 60.7 Å². The lowest BCUT2D eigenvalue weighted by Crippen LogP contribution is -2.20. The minimum absolute atomic E-state index is 0.293. The van der Waals surface area contributed by atoms with Gasteiger partial charge in [0.05, 0.1) is 24.3 Å². The molecule has 2 aromatic carbocycles. The van der Waals surface area contributed by atoms with Crippen molar-refractivity contribution in [2.45, 2.75) is 19.4 Å². The molecule has 0 spiro atoms. The molecule has 1 heterocycles. The molecular formula is C21H22N2O2. The molecule has 3 rings (SSSR count). The second-order valence-electron chi connectivity index (χ2n) is 6.59. The first-order valence-electron chi connectivity index (χ1n) is 8.56. The average molecular weight is 334 g/mol. The highest BCUT2D eigenvalue weighted by molar-refractivity contribution is 5.89. The Morgan fingerprint density at radius 2 is 2.04 bits per heavy atom. The Labute approximate surface area is 148 Å². The standard InChI is InChI=1S/C21H22N2O2/c1-25-21(24)20-7-5-16(6-8-20)11-19-9-10-23(15-19)14-18-4-2-3-17(12-18)13-22/h2-8,12,19H,9-11,14-15H2,1H3. The number of esters is 1. The minimum atomic E-state index is -0.293. The van der Waals surface area contributed by atoms with Crippen molar-refractivity contribution in [3.63, 3.8) is 0 Å². The van der Waals surface area contributed by atoms with Crippen LogP contribution in [0.3, 0.4) is 0 Å². The van der Waals surface area contributed by atoms with Crippen molar-refractivity contribution >= 4 is 5.97 Å². The monoisotopic (exact) mass is 334 g/mol. The van der Waals surface area contributed by atoms with Crippen molar-refractivity contribution in [2.24, 2.45) is 5.92 Å².